The molecule has 0 aliphatic carbocycles. The lowest BCUT2D eigenvalue weighted by Crippen LogP contribution is -2.09. The molecule has 5 heteroatoms. The summed E-state index contributed by atoms with van der Waals surface area (Å²) in [5, 5.41) is 0.495. The summed E-state index contributed by atoms with van der Waals surface area (Å²) in [5.74, 6) is -0.471. The molecule has 0 aromatic heterocycles. The number of hydrogen-bond donors (Lipinski definition) is 0. The Kier molecular flexibility index (Phi) is 6.36. The molecule has 0 aliphatic rings. The standard InChI is InChI=1S/C13H14BrClO3/c1-2-7-18-13(17)6-5-12(16)10-8-9(15)3-4-11(10)14/h3-4,8H,2,5-7H2,1H3. The Hall–Kier alpha value is -0.870. The Morgan fingerprint density at radius 1 is 1.33 bits per heavy atom. The van der Waals surface area contributed by atoms with Crippen LogP contribution in [0.4, 0.5) is 0 Å². The van der Waals surface area contributed by atoms with Crippen molar-refractivity contribution < 1.29 is 14.3 Å². The maximum Gasteiger partial charge on any atom is 0.306 e. The Morgan fingerprint density at radius 2 is 2.06 bits per heavy atom. The predicted molar refractivity (Wildman–Crippen MR) is 74.0 cm³/mol. The molecule has 3 nitrogen and oxygen atoms in total. The van der Waals surface area contributed by atoms with Gasteiger partial charge in [0.1, 0.15) is 0 Å². The summed E-state index contributed by atoms with van der Waals surface area (Å²) in [7, 11) is 0. The van der Waals surface area contributed by atoms with E-state index < -0.39 is 0 Å². The van der Waals surface area contributed by atoms with Gasteiger partial charge in [0.05, 0.1) is 13.0 Å². The first-order valence-corrected chi connectivity index (χ1v) is 6.85. The highest BCUT2D eigenvalue weighted by atomic mass is 79.9. The monoisotopic (exact) mass is 332 g/mol. The van der Waals surface area contributed by atoms with E-state index in [-0.39, 0.29) is 24.6 Å². The first kappa shape index (κ1) is 15.2. The molecule has 1 aromatic carbocycles. The second kappa shape index (κ2) is 7.54. The molecule has 1 aromatic rings. The molecule has 0 radical (unpaired) electrons. The Bertz CT molecular complexity index is 446. The van der Waals surface area contributed by atoms with Crippen LogP contribution in [-0.2, 0) is 9.53 Å². The van der Waals surface area contributed by atoms with Crippen LogP contribution in [0.3, 0.4) is 0 Å². The van der Waals surface area contributed by atoms with Gasteiger partial charge in [-0.1, -0.05) is 34.5 Å². The quantitative estimate of drug-likeness (QED) is 0.583. The van der Waals surface area contributed by atoms with Gasteiger partial charge in [-0.25, -0.2) is 0 Å². The second-order valence-corrected chi connectivity index (χ2v) is 5.06. The average Bonchev–Trinajstić information content (AvgIpc) is 2.36. The van der Waals surface area contributed by atoms with E-state index in [1.54, 1.807) is 18.2 Å². The third-order valence-electron chi connectivity index (χ3n) is 2.25. The number of rotatable bonds is 6. The van der Waals surface area contributed by atoms with Crippen LogP contribution < -0.4 is 0 Å². The molecule has 0 amide bonds. The van der Waals surface area contributed by atoms with Gasteiger partial charge in [0.2, 0.25) is 0 Å². The van der Waals surface area contributed by atoms with Gasteiger partial charge in [-0.3, -0.25) is 9.59 Å². The fraction of sp³-hybridized carbons (Fsp3) is 0.385. The van der Waals surface area contributed by atoms with Crippen molar-refractivity contribution in [3.63, 3.8) is 0 Å². The highest BCUT2D eigenvalue weighted by Crippen LogP contribution is 2.22. The molecule has 98 valence electrons. The number of carbonyl (C=O) groups is 2. The number of Topliss-reactive ketones (excluding diaryl/α,β-unsaturated/α-hetero) is 1. The zero-order valence-corrected chi connectivity index (χ0v) is 12.4. The number of benzene rings is 1. The lowest BCUT2D eigenvalue weighted by molar-refractivity contribution is -0.143. The van der Waals surface area contributed by atoms with E-state index in [2.05, 4.69) is 15.9 Å². The van der Waals surface area contributed by atoms with Crippen LogP contribution >= 0.6 is 27.5 Å². The second-order valence-electron chi connectivity index (χ2n) is 3.77. The van der Waals surface area contributed by atoms with E-state index in [4.69, 9.17) is 16.3 Å². The molecular weight excluding hydrogens is 319 g/mol. The van der Waals surface area contributed by atoms with Gasteiger partial charge in [-0.2, -0.15) is 0 Å². The lowest BCUT2D eigenvalue weighted by atomic mass is 10.1. The molecule has 0 unspecified atom stereocenters. The minimum absolute atomic E-state index is 0.0950. The summed E-state index contributed by atoms with van der Waals surface area (Å²) < 4.78 is 5.58. The third kappa shape index (κ3) is 4.78. The summed E-state index contributed by atoms with van der Waals surface area (Å²) in [6.45, 7) is 2.31. The smallest absolute Gasteiger partial charge is 0.306 e. The number of esters is 1. The van der Waals surface area contributed by atoms with Gasteiger partial charge < -0.3 is 4.74 Å². The van der Waals surface area contributed by atoms with Gasteiger partial charge in [0, 0.05) is 21.5 Å². The Morgan fingerprint density at radius 3 is 2.72 bits per heavy atom. The number of halogens is 2. The fourth-order valence-corrected chi connectivity index (χ4v) is 1.99. The predicted octanol–water partition coefficient (Wildman–Crippen LogP) is 4.02. The van der Waals surface area contributed by atoms with E-state index in [0.717, 1.165) is 6.42 Å². The zero-order valence-electron chi connectivity index (χ0n) is 10.0. The SMILES string of the molecule is CCCOC(=O)CCC(=O)c1cc(Cl)ccc1Br. The number of ether oxygens (including phenoxy) is 1. The van der Waals surface area contributed by atoms with E-state index in [0.29, 0.717) is 21.7 Å². The summed E-state index contributed by atoms with van der Waals surface area (Å²) in [5.41, 5.74) is 0.491. The van der Waals surface area contributed by atoms with Gasteiger partial charge in [0.25, 0.3) is 0 Å². The molecule has 0 bridgehead atoms. The van der Waals surface area contributed by atoms with Crippen LogP contribution in [0, 0.1) is 0 Å². The molecule has 0 fully saturated rings. The van der Waals surface area contributed by atoms with E-state index in [9.17, 15) is 9.59 Å². The molecule has 0 saturated carbocycles. The third-order valence-corrected chi connectivity index (χ3v) is 3.18. The Labute approximate surface area is 120 Å². The molecule has 0 heterocycles. The van der Waals surface area contributed by atoms with Crippen molar-refractivity contribution in [1.82, 2.24) is 0 Å². The van der Waals surface area contributed by atoms with Crippen molar-refractivity contribution in [3.05, 3.63) is 33.3 Å². The maximum atomic E-state index is 11.9. The van der Waals surface area contributed by atoms with Gasteiger partial charge in [-0.05, 0) is 24.6 Å². The van der Waals surface area contributed by atoms with Crippen LogP contribution in [0.1, 0.15) is 36.5 Å². The lowest BCUT2D eigenvalue weighted by Gasteiger charge is -2.05. The van der Waals surface area contributed by atoms with Gasteiger partial charge in [-0.15, -0.1) is 0 Å². The minimum Gasteiger partial charge on any atom is -0.466 e. The molecule has 0 saturated heterocycles. The van der Waals surface area contributed by atoms with Crippen LogP contribution in [-0.4, -0.2) is 18.4 Å². The van der Waals surface area contributed by atoms with Crippen molar-refractivity contribution in [2.24, 2.45) is 0 Å². The minimum atomic E-state index is -0.344. The fourth-order valence-electron chi connectivity index (χ4n) is 1.35. The van der Waals surface area contributed by atoms with Crippen LogP contribution in [0.2, 0.25) is 5.02 Å². The number of ketones is 1. The molecule has 1 rings (SSSR count). The van der Waals surface area contributed by atoms with Crippen LogP contribution in [0.25, 0.3) is 0 Å². The van der Waals surface area contributed by atoms with Crippen molar-refractivity contribution in [3.8, 4) is 0 Å². The van der Waals surface area contributed by atoms with Crippen molar-refractivity contribution in [2.45, 2.75) is 26.2 Å². The molecule has 0 N–H and O–H groups in total. The summed E-state index contributed by atoms with van der Waals surface area (Å²) in [6.07, 6.45) is 0.999. The van der Waals surface area contributed by atoms with E-state index >= 15 is 0 Å². The average molecular weight is 334 g/mol. The van der Waals surface area contributed by atoms with Crippen molar-refractivity contribution >= 4 is 39.3 Å². The first-order chi connectivity index (χ1) is 8.54. The van der Waals surface area contributed by atoms with Gasteiger partial charge in [0.15, 0.2) is 5.78 Å². The Balaban J connectivity index is 2.55. The first-order valence-electron chi connectivity index (χ1n) is 5.68. The molecule has 0 atom stereocenters. The highest BCUT2D eigenvalue weighted by Gasteiger charge is 2.13. The summed E-state index contributed by atoms with van der Waals surface area (Å²) in [6, 6.07) is 4.99. The topological polar surface area (TPSA) is 43.4 Å². The summed E-state index contributed by atoms with van der Waals surface area (Å²) >= 11 is 9.11. The largest absolute Gasteiger partial charge is 0.466 e. The van der Waals surface area contributed by atoms with Crippen molar-refractivity contribution in [1.29, 1.82) is 0 Å². The van der Waals surface area contributed by atoms with Crippen LogP contribution in [0.15, 0.2) is 22.7 Å². The van der Waals surface area contributed by atoms with E-state index in [1.807, 2.05) is 6.92 Å². The normalized spacial score (nSPS) is 10.2. The van der Waals surface area contributed by atoms with Crippen LogP contribution in [0.5, 0.6) is 0 Å². The highest BCUT2D eigenvalue weighted by molar-refractivity contribution is 9.10. The van der Waals surface area contributed by atoms with E-state index in [1.165, 1.54) is 0 Å². The molecule has 0 aliphatic heterocycles. The summed E-state index contributed by atoms with van der Waals surface area (Å²) in [4.78, 5) is 23.2. The zero-order chi connectivity index (χ0) is 13.5. The molecular formula is C13H14BrClO3. The van der Waals surface area contributed by atoms with Gasteiger partial charge >= 0.3 is 5.97 Å². The molecule has 0 spiro atoms. The number of carbonyl (C=O) groups excluding carboxylic acids is 2. The number of hydrogen-bond acceptors (Lipinski definition) is 3. The maximum absolute atomic E-state index is 11.9. The molecule has 18 heavy (non-hydrogen) atoms. The van der Waals surface area contributed by atoms with Crippen molar-refractivity contribution in [2.75, 3.05) is 6.61 Å².